The summed E-state index contributed by atoms with van der Waals surface area (Å²) >= 11 is 0. The maximum atomic E-state index is 12.2. The number of nitrogens with one attached hydrogen (secondary N) is 1. The molecule has 4 nitrogen and oxygen atoms in total. The number of benzene rings is 3. The molecule has 0 aliphatic rings. The molecule has 4 heteroatoms. The van der Waals surface area contributed by atoms with Crippen molar-refractivity contribution in [3.63, 3.8) is 0 Å². The first-order chi connectivity index (χ1) is 11.3. The number of carbonyl (C=O) groups is 2. The summed E-state index contributed by atoms with van der Waals surface area (Å²) in [6.07, 6.45) is 0.667. The van der Waals surface area contributed by atoms with Crippen molar-refractivity contribution in [2.24, 2.45) is 0 Å². The zero-order valence-corrected chi connectivity index (χ0v) is 12.5. The fourth-order valence-electron chi connectivity index (χ4n) is 2.40. The molecule has 0 heterocycles. The zero-order valence-electron chi connectivity index (χ0n) is 12.5. The summed E-state index contributed by atoms with van der Waals surface area (Å²) in [7, 11) is 0. The van der Waals surface area contributed by atoms with Crippen LogP contribution >= 0.6 is 0 Å². The second kappa shape index (κ2) is 6.75. The molecule has 0 saturated carbocycles. The van der Waals surface area contributed by atoms with Gasteiger partial charge in [-0.25, -0.2) is 0 Å². The average Bonchev–Trinajstić information content (AvgIpc) is 2.60. The number of nitrogens with zero attached hydrogens (tertiary/aromatic N) is 1. The highest BCUT2D eigenvalue weighted by molar-refractivity contribution is 5.90. The number of hydrazine groups is 1. The van der Waals surface area contributed by atoms with Gasteiger partial charge in [-0.05, 0) is 28.5 Å². The van der Waals surface area contributed by atoms with Crippen molar-refractivity contribution in [1.29, 1.82) is 0 Å². The van der Waals surface area contributed by atoms with Gasteiger partial charge in [0.15, 0.2) is 0 Å². The molecular formula is C19H16N2O2. The van der Waals surface area contributed by atoms with Crippen molar-refractivity contribution in [3.05, 3.63) is 78.4 Å². The Kier molecular flexibility index (Phi) is 4.34. The molecule has 3 rings (SSSR count). The minimum absolute atomic E-state index is 0.167. The number of carbonyl (C=O) groups excluding carboxylic acids is 2. The van der Waals surface area contributed by atoms with Gasteiger partial charge in [0.2, 0.25) is 6.41 Å². The van der Waals surface area contributed by atoms with Crippen molar-refractivity contribution in [2.45, 2.75) is 6.42 Å². The number of rotatable bonds is 5. The van der Waals surface area contributed by atoms with Gasteiger partial charge in [0, 0.05) is 0 Å². The quantitative estimate of drug-likeness (QED) is 0.580. The molecule has 0 saturated heterocycles. The molecule has 2 amide bonds. The van der Waals surface area contributed by atoms with E-state index in [1.807, 2.05) is 72.8 Å². The van der Waals surface area contributed by atoms with Crippen LogP contribution in [0.5, 0.6) is 0 Å². The predicted octanol–water partition coefficient (Wildman–Crippen LogP) is 3.39. The molecule has 0 unspecified atom stereocenters. The SMILES string of the molecule is O=CN(Nc1ccc2ccccc2c1)C(=O)Cc1ccccc1. The maximum absolute atomic E-state index is 12.2. The molecule has 0 bridgehead atoms. The molecular weight excluding hydrogens is 288 g/mol. The van der Waals surface area contributed by atoms with E-state index in [2.05, 4.69) is 5.43 Å². The van der Waals surface area contributed by atoms with E-state index < -0.39 is 0 Å². The van der Waals surface area contributed by atoms with Crippen LogP contribution in [0.2, 0.25) is 0 Å². The van der Waals surface area contributed by atoms with Crippen molar-refractivity contribution < 1.29 is 9.59 Å². The maximum Gasteiger partial charge on any atom is 0.252 e. The van der Waals surface area contributed by atoms with Crippen LogP contribution in [0.1, 0.15) is 5.56 Å². The van der Waals surface area contributed by atoms with Gasteiger partial charge in [0.25, 0.3) is 5.91 Å². The monoisotopic (exact) mass is 304 g/mol. The molecule has 0 aliphatic carbocycles. The molecule has 0 fully saturated rings. The van der Waals surface area contributed by atoms with Gasteiger partial charge < -0.3 is 0 Å². The Morgan fingerprint density at radius 3 is 2.35 bits per heavy atom. The van der Waals surface area contributed by atoms with Crippen LogP contribution in [0, 0.1) is 0 Å². The van der Waals surface area contributed by atoms with Crippen LogP contribution in [-0.4, -0.2) is 17.3 Å². The Labute approximate surface area is 134 Å². The fourth-order valence-corrected chi connectivity index (χ4v) is 2.40. The Hall–Kier alpha value is -3.14. The van der Waals surface area contributed by atoms with Crippen LogP contribution in [0.4, 0.5) is 5.69 Å². The van der Waals surface area contributed by atoms with Crippen molar-refractivity contribution in [3.8, 4) is 0 Å². The Balaban J connectivity index is 1.75. The van der Waals surface area contributed by atoms with Crippen LogP contribution in [0.25, 0.3) is 10.8 Å². The van der Waals surface area contributed by atoms with E-state index in [0.29, 0.717) is 12.1 Å². The van der Waals surface area contributed by atoms with Crippen molar-refractivity contribution in [1.82, 2.24) is 5.01 Å². The standard InChI is InChI=1S/C19H16N2O2/c22-14-21(19(23)12-15-6-2-1-3-7-15)20-18-11-10-16-8-4-5-9-17(16)13-18/h1-11,13-14,20H,12H2. The molecule has 23 heavy (non-hydrogen) atoms. The molecule has 3 aromatic rings. The molecule has 3 aromatic carbocycles. The molecule has 0 aromatic heterocycles. The predicted molar refractivity (Wildman–Crippen MR) is 90.6 cm³/mol. The van der Waals surface area contributed by atoms with E-state index in [0.717, 1.165) is 21.3 Å². The lowest BCUT2D eigenvalue weighted by Gasteiger charge is -2.18. The molecule has 0 aliphatic heterocycles. The number of hydrogen-bond acceptors (Lipinski definition) is 3. The summed E-state index contributed by atoms with van der Waals surface area (Å²) in [4.78, 5) is 23.5. The van der Waals surface area contributed by atoms with Crippen LogP contribution in [0.3, 0.4) is 0 Å². The van der Waals surface area contributed by atoms with Gasteiger partial charge in [0.05, 0.1) is 12.1 Å². The minimum atomic E-state index is -0.306. The first-order valence-electron chi connectivity index (χ1n) is 7.33. The van der Waals surface area contributed by atoms with Crippen LogP contribution in [0.15, 0.2) is 72.8 Å². The molecule has 0 atom stereocenters. The lowest BCUT2D eigenvalue weighted by atomic mass is 10.1. The lowest BCUT2D eigenvalue weighted by Crippen LogP contribution is -2.36. The number of hydrogen-bond donors (Lipinski definition) is 1. The van der Waals surface area contributed by atoms with Gasteiger partial charge in [-0.15, -0.1) is 0 Å². The highest BCUT2D eigenvalue weighted by Gasteiger charge is 2.13. The molecule has 114 valence electrons. The van der Waals surface area contributed by atoms with Crippen molar-refractivity contribution in [2.75, 3.05) is 5.43 Å². The minimum Gasteiger partial charge on any atom is -0.289 e. The summed E-state index contributed by atoms with van der Waals surface area (Å²) in [6, 6.07) is 22.9. The normalized spacial score (nSPS) is 10.3. The summed E-state index contributed by atoms with van der Waals surface area (Å²) in [5.74, 6) is -0.306. The van der Waals surface area contributed by atoms with E-state index in [1.165, 1.54) is 0 Å². The summed E-state index contributed by atoms with van der Waals surface area (Å²) in [5.41, 5.74) is 4.41. The number of fused-ring (bicyclic) bond motifs is 1. The summed E-state index contributed by atoms with van der Waals surface area (Å²) < 4.78 is 0. The summed E-state index contributed by atoms with van der Waals surface area (Å²) in [6.45, 7) is 0. The second-order valence-corrected chi connectivity index (χ2v) is 5.21. The summed E-state index contributed by atoms with van der Waals surface area (Å²) in [5, 5.41) is 3.13. The third kappa shape index (κ3) is 3.55. The van der Waals surface area contributed by atoms with Crippen molar-refractivity contribution >= 4 is 28.8 Å². The van der Waals surface area contributed by atoms with E-state index >= 15 is 0 Å². The number of imide groups is 1. The Morgan fingerprint density at radius 1 is 0.913 bits per heavy atom. The second-order valence-electron chi connectivity index (χ2n) is 5.21. The topological polar surface area (TPSA) is 49.4 Å². The largest absolute Gasteiger partial charge is 0.289 e. The van der Waals surface area contributed by atoms with E-state index in [1.54, 1.807) is 0 Å². The fraction of sp³-hybridized carbons (Fsp3) is 0.0526. The Bertz CT molecular complexity index is 831. The molecule has 0 radical (unpaired) electrons. The highest BCUT2D eigenvalue weighted by atomic mass is 16.2. The number of amides is 2. The highest BCUT2D eigenvalue weighted by Crippen LogP contribution is 2.19. The zero-order chi connectivity index (χ0) is 16.1. The third-order valence-corrected chi connectivity index (χ3v) is 3.57. The Morgan fingerprint density at radius 2 is 1.61 bits per heavy atom. The van der Waals surface area contributed by atoms with E-state index in [9.17, 15) is 9.59 Å². The van der Waals surface area contributed by atoms with Gasteiger partial charge >= 0.3 is 0 Å². The van der Waals surface area contributed by atoms with Gasteiger partial charge in [0.1, 0.15) is 0 Å². The van der Waals surface area contributed by atoms with Gasteiger partial charge in [-0.3, -0.25) is 15.0 Å². The molecule has 0 spiro atoms. The van der Waals surface area contributed by atoms with E-state index in [-0.39, 0.29) is 12.3 Å². The van der Waals surface area contributed by atoms with E-state index in [4.69, 9.17) is 0 Å². The smallest absolute Gasteiger partial charge is 0.252 e. The lowest BCUT2D eigenvalue weighted by molar-refractivity contribution is -0.135. The first-order valence-corrected chi connectivity index (χ1v) is 7.33. The van der Waals surface area contributed by atoms with Crippen LogP contribution < -0.4 is 5.43 Å². The molecule has 1 N–H and O–H groups in total. The first kappa shape index (κ1) is 14.8. The van der Waals surface area contributed by atoms with Crippen LogP contribution in [-0.2, 0) is 16.0 Å². The van der Waals surface area contributed by atoms with Gasteiger partial charge in [-0.1, -0.05) is 60.7 Å². The number of anilines is 1. The third-order valence-electron chi connectivity index (χ3n) is 3.57. The van der Waals surface area contributed by atoms with Gasteiger partial charge in [-0.2, -0.15) is 5.01 Å². The average molecular weight is 304 g/mol.